The first kappa shape index (κ1) is 15.9. The van der Waals surface area contributed by atoms with Gasteiger partial charge in [0.25, 0.3) is 5.69 Å². The van der Waals surface area contributed by atoms with Gasteiger partial charge in [-0.3, -0.25) is 10.1 Å². The minimum Gasteiger partial charge on any atom is -0.312 e. The van der Waals surface area contributed by atoms with Gasteiger partial charge in [0.15, 0.2) is 4.90 Å². The molecule has 0 saturated carbocycles. The van der Waals surface area contributed by atoms with Gasteiger partial charge in [-0.15, -0.1) is 0 Å². The molecule has 1 aromatic rings. The number of sulfonamides is 1. The van der Waals surface area contributed by atoms with Crippen molar-refractivity contribution in [2.75, 3.05) is 19.6 Å². The molecule has 0 spiro atoms. The van der Waals surface area contributed by atoms with Crippen molar-refractivity contribution in [3.05, 3.63) is 33.4 Å². The van der Waals surface area contributed by atoms with Crippen LogP contribution in [0.15, 0.2) is 17.0 Å². The average Bonchev–Trinajstić information content (AvgIpc) is 2.41. The molecule has 0 radical (unpaired) electrons. The molecule has 116 valence electrons. The average molecular weight is 313 g/mol. The van der Waals surface area contributed by atoms with Crippen molar-refractivity contribution in [2.45, 2.75) is 31.7 Å². The number of hydrogen-bond donors (Lipinski definition) is 1. The van der Waals surface area contributed by atoms with E-state index in [1.165, 1.54) is 10.4 Å². The van der Waals surface area contributed by atoms with Crippen LogP contribution in [0.2, 0.25) is 0 Å². The van der Waals surface area contributed by atoms with E-state index in [4.69, 9.17) is 0 Å². The summed E-state index contributed by atoms with van der Waals surface area (Å²) < 4.78 is 27.0. The van der Waals surface area contributed by atoms with E-state index in [9.17, 15) is 18.5 Å². The van der Waals surface area contributed by atoms with E-state index in [1.807, 2.05) is 6.92 Å². The maximum atomic E-state index is 12.8. The SMILES string of the molecule is Cc1ccc([N+](=O)[O-])c(S(=O)(=O)N2CCNC(C)C2)c1C. The first-order valence-electron chi connectivity index (χ1n) is 6.73. The molecule has 1 heterocycles. The fourth-order valence-corrected chi connectivity index (χ4v) is 4.45. The molecule has 1 saturated heterocycles. The zero-order valence-corrected chi connectivity index (χ0v) is 13.1. The zero-order chi connectivity index (χ0) is 15.8. The third kappa shape index (κ3) is 2.92. The van der Waals surface area contributed by atoms with E-state index in [1.54, 1.807) is 19.9 Å². The Morgan fingerprint density at radius 3 is 2.62 bits per heavy atom. The van der Waals surface area contributed by atoms with Crippen LogP contribution in [0, 0.1) is 24.0 Å². The molecule has 8 heteroatoms. The maximum absolute atomic E-state index is 12.8. The van der Waals surface area contributed by atoms with Crippen molar-refractivity contribution in [3.63, 3.8) is 0 Å². The first-order chi connectivity index (χ1) is 9.75. The second-order valence-electron chi connectivity index (χ2n) is 5.33. The zero-order valence-electron chi connectivity index (χ0n) is 12.3. The number of aryl methyl sites for hydroxylation is 1. The Morgan fingerprint density at radius 2 is 2.05 bits per heavy atom. The minimum absolute atomic E-state index is 0.0256. The van der Waals surface area contributed by atoms with Gasteiger partial charge in [0.2, 0.25) is 10.0 Å². The number of hydrogen-bond acceptors (Lipinski definition) is 5. The fraction of sp³-hybridized carbons (Fsp3) is 0.538. The molecule has 0 aromatic heterocycles. The van der Waals surface area contributed by atoms with Crippen LogP contribution in [-0.2, 0) is 10.0 Å². The van der Waals surface area contributed by atoms with Crippen LogP contribution < -0.4 is 5.32 Å². The minimum atomic E-state index is -3.87. The third-order valence-electron chi connectivity index (χ3n) is 3.78. The highest BCUT2D eigenvalue weighted by molar-refractivity contribution is 7.89. The lowest BCUT2D eigenvalue weighted by Gasteiger charge is -2.31. The summed E-state index contributed by atoms with van der Waals surface area (Å²) in [6.45, 7) is 6.42. The Bertz CT molecular complexity index is 672. The van der Waals surface area contributed by atoms with Gasteiger partial charge in [-0.1, -0.05) is 6.07 Å². The van der Waals surface area contributed by atoms with Gasteiger partial charge in [-0.2, -0.15) is 4.31 Å². The van der Waals surface area contributed by atoms with Crippen molar-refractivity contribution >= 4 is 15.7 Å². The molecular formula is C13H19N3O4S. The maximum Gasteiger partial charge on any atom is 0.289 e. The van der Waals surface area contributed by atoms with Gasteiger partial charge in [-0.25, -0.2) is 8.42 Å². The molecule has 0 amide bonds. The molecule has 1 N–H and O–H groups in total. The molecule has 1 atom stereocenters. The highest BCUT2D eigenvalue weighted by Crippen LogP contribution is 2.32. The smallest absolute Gasteiger partial charge is 0.289 e. The molecule has 1 aliphatic rings. The summed E-state index contributed by atoms with van der Waals surface area (Å²) >= 11 is 0. The van der Waals surface area contributed by atoms with Crippen LogP contribution in [0.1, 0.15) is 18.1 Å². The number of nitrogens with one attached hydrogen (secondary N) is 1. The molecule has 2 rings (SSSR count). The van der Waals surface area contributed by atoms with Crippen LogP contribution in [0.25, 0.3) is 0 Å². The number of nitro groups is 1. The van der Waals surface area contributed by atoms with Crippen molar-refractivity contribution in [2.24, 2.45) is 0 Å². The van der Waals surface area contributed by atoms with Crippen molar-refractivity contribution in [3.8, 4) is 0 Å². The van der Waals surface area contributed by atoms with E-state index in [0.717, 1.165) is 5.56 Å². The molecule has 1 unspecified atom stereocenters. The van der Waals surface area contributed by atoms with Gasteiger partial charge in [0, 0.05) is 31.7 Å². The summed E-state index contributed by atoms with van der Waals surface area (Å²) in [7, 11) is -3.87. The predicted octanol–water partition coefficient (Wildman–Crippen LogP) is 1.19. The Balaban J connectivity index is 2.58. The van der Waals surface area contributed by atoms with Gasteiger partial charge < -0.3 is 5.32 Å². The van der Waals surface area contributed by atoms with Crippen molar-refractivity contribution in [1.29, 1.82) is 0 Å². The molecular weight excluding hydrogens is 294 g/mol. The quantitative estimate of drug-likeness (QED) is 0.668. The van der Waals surface area contributed by atoms with Crippen LogP contribution in [-0.4, -0.2) is 43.3 Å². The van der Waals surface area contributed by atoms with Crippen LogP contribution >= 0.6 is 0 Å². The Morgan fingerprint density at radius 1 is 1.38 bits per heavy atom. The molecule has 0 aliphatic carbocycles. The summed E-state index contributed by atoms with van der Waals surface area (Å²) in [6.07, 6.45) is 0. The predicted molar refractivity (Wildman–Crippen MR) is 78.8 cm³/mol. The van der Waals surface area contributed by atoms with Gasteiger partial charge in [0.1, 0.15) is 0 Å². The van der Waals surface area contributed by atoms with E-state index in [-0.39, 0.29) is 16.6 Å². The molecule has 1 aliphatic heterocycles. The van der Waals surface area contributed by atoms with Gasteiger partial charge >= 0.3 is 0 Å². The van der Waals surface area contributed by atoms with E-state index in [2.05, 4.69) is 5.32 Å². The molecule has 21 heavy (non-hydrogen) atoms. The standard InChI is InChI=1S/C13H19N3O4S/c1-9-4-5-12(16(17)18)13(11(9)3)21(19,20)15-7-6-14-10(2)8-15/h4-5,10,14H,6-8H2,1-3H3. The number of piperazine rings is 1. The topological polar surface area (TPSA) is 92.5 Å². The lowest BCUT2D eigenvalue weighted by molar-refractivity contribution is -0.388. The highest BCUT2D eigenvalue weighted by atomic mass is 32.2. The lowest BCUT2D eigenvalue weighted by Crippen LogP contribution is -2.51. The molecule has 1 aromatic carbocycles. The first-order valence-corrected chi connectivity index (χ1v) is 8.17. The molecule has 0 bridgehead atoms. The number of nitro benzene ring substituents is 1. The van der Waals surface area contributed by atoms with Crippen LogP contribution in [0.4, 0.5) is 5.69 Å². The number of benzene rings is 1. The van der Waals surface area contributed by atoms with Crippen molar-refractivity contribution in [1.82, 2.24) is 9.62 Å². The monoisotopic (exact) mass is 313 g/mol. The summed E-state index contributed by atoms with van der Waals surface area (Å²) in [4.78, 5) is 10.4. The second-order valence-corrected chi connectivity index (χ2v) is 7.21. The molecule has 7 nitrogen and oxygen atoms in total. The largest absolute Gasteiger partial charge is 0.312 e. The van der Waals surface area contributed by atoms with Crippen LogP contribution in [0.5, 0.6) is 0 Å². The lowest BCUT2D eigenvalue weighted by atomic mass is 10.1. The van der Waals surface area contributed by atoms with E-state index in [0.29, 0.717) is 25.2 Å². The van der Waals surface area contributed by atoms with Gasteiger partial charge in [-0.05, 0) is 31.9 Å². The molecule has 1 fully saturated rings. The third-order valence-corrected chi connectivity index (χ3v) is 5.82. The van der Waals surface area contributed by atoms with E-state index < -0.39 is 14.9 Å². The summed E-state index contributed by atoms with van der Waals surface area (Å²) in [5.74, 6) is 0. The summed E-state index contributed by atoms with van der Waals surface area (Å²) in [5.41, 5.74) is 0.807. The summed E-state index contributed by atoms with van der Waals surface area (Å²) in [6, 6.07) is 2.87. The Labute approximate surface area is 124 Å². The number of nitrogens with zero attached hydrogens (tertiary/aromatic N) is 2. The Kier molecular flexibility index (Phi) is 4.31. The highest BCUT2D eigenvalue weighted by Gasteiger charge is 2.35. The van der Waals surface area contributed by atoms with E-state index >= 15 is 0 Å². The van der Waals surface area contributed by atoms with Crippen LogP contribution in [0.3, 0.4) is 0 Å². The number of rotatable bonds is 3. The summed E-state index contributed by atoms with van der Waals surface area (Å²) in [5, 5.41) is 14.3. The second kappa shape index (κ2) is 5.70. The van der Waals surface area contributed by atoms with Crippen molar-refractivity contribution < 1.29 is 13.3 Å². The fourth-order valence-electron chi connectivity index (χ4n) is 2.49. The normalized spacial score (nSPS) is 20.4. The van der Waals surface area contributed by atoms with Gasteiger partial charge in [0.05, 0.1) is 4.92 Å². The Hall–Kier alpha value is -1.51.